The first kappa shape index (κ1) is 29.2. The molecule has 6 rings (SSSR count). The second-order valence-electron chi connectivity index (χ2n) is 11.7. The number of rotatable bonds is 8. The highest BCUT2D eigenvalue weighted by Gasteiger charge is 2.73. The zero-order valence-corrected chi connectivity index (χ0v) is 25.1. The highest BCUT2D eigenvalue weighted by Crippen LogP contribution is 2.65. The van der Waals surface area contributed by atoms with Gasteiger partial charge in [-0.05, 0) is 38.1 Å². The number of amides is 3. The average molecular weight is 597 g/mol. The smallest absolute Gasteiger partial charge is 0.247 e. The number of benzene rings is 1. The highest BCUT2D eigenvalue weighted by molar-refractivity contribution is 8.02. The molecule has 0 saturated carbocycles. The predicted molar refractivity (Wildman–Crippen MR) is 160 cm³/mol. The van der Waals surface area contributed by atoms with Crippen molar-refractivity contribution < 1.29 is 29.0 Å². The Hall–Kier alpha value is -2.86. The number of thioether (sulfide) groups is 1. The van der Waals surface area contributed by atoms with Gasteiger partial charge in [-0.25, -0.2) is 0 Å². The topological polar surface area (TPSA) is 103 Å². The van der Waals surface area contributed by atoms with Gasteiger partial charge in [0.2, 0.25) is 17.7 Å². The van der Waals surface area contributed by atoms with Crippen molar-refractivity contribution in [1.29, 1.82) is 0 Å². The summed E-state index contributed by atoms with van der Waals surface area (Å²) in [6.45, 7) is 9.43. The first-order chi connectivity index (χ1) is 20.3. The molecule has 1 unspecified atom stereocenters. The number of carbonyl (C=O) groups is 3. The van der Waals surface area contributed by atoms with Crippen LogP contribution < -0.4 is 9.64 Å². The molecule has 5 aliphatic heterocycles. The zero-order chi connectivity index (χ0) is 29.5. The minimum Gasteiger partial charge on any atom is -0.494 e. The first-order valence-electron chi connectivity index (χ1n) is 14.9. The third-order valence-corrected chi connectivity index (χ3v) is 11.0. The molecule has 42 heavy (non-hydrogen) atoms. The lowest BCUT2D eigenvalue weighted by molar-refractivity contribution is -0.143. The number of hydrogen-bond acceptors (Lipinski definition) is 8. The van der Waals surface area contributed by atoms with Crippen molar-refractivity contribution in [3.8, 4) is 5.75 Å². The van der Waals surface area contributed by atoms with E-state index in [0.29, 0.717) is 39.5 Å². The van der Waals surface area contributed by atoms with Gasteiger partial charge in [0.05, 0.1) is 43.0 Å². The molecule has 0 aromatic heterocycles. The van der Waals surface area contributed by atoms with Crippen LogP contribution in [0.25, 0.3) is 0 Å². The predicted octanol–water partition coefficient (Wildman–Crippen LogP) is 1.40. The molecule has 5 heterocycles. The van der Waals surface area contributed by atoms with Crippen LogP contribution in [0.3, 0.4) is 0 Å². The quantitative estimate of drug-likeness (QED) is 0.450. The van der Waals surface area contributed by atoms with Crippen molar-refractivity contribution in [3.05, 3.63) is 48.6 Å². The summed E-state index contributed by atoms with van der Waals surface area (Å²) in [6, 6.07) is 6.65. The number of carbonyl (C=O) groups excluding carboxylic acids is 3. The summed E-state index contributed by atoms with van der Waals surface area (Å²) >= 11 is 1.56. The van der Waals surface area contributed by atoms with Gasteiger partial charge in [-0.2, -0.15) is 0 Å². The van der Waals surface area contributed by atoms with Crippen LogP contribution in [0.1, 0.15) is 13.8 Å². The first-order valence-corrected chi connectivity index (χ1v) is 15.7. The monoisotopic (exact) mass is 596 g/mol. The molecule has 3 fully saturated rings. The number of aliphatic hydroxyl groups is 1. The molecular formula is C31H40N4O6S. The Balaban J connectivity index is 1.33. The van der Waals surface area contributed by atoms with E-state index < -0.39 is 27.4 Å². The van der Waals surface area contributed by atoms with E-state index in [0.717, 1.165) is 31.1 Å². The van der Waals surface area contributed by atoms with Crippen molar-refractivity contribution in [1.82, 2.24) is 14.7 Å². The van der Waals surface area contributed by atoms with E-state index in [1.807, 2.05) is 61.2 Å². The van der Waals surface area contributed by atoms with E-state index in [-0.39, 0.29) is 30.9 Å². The number of anilines is 1. The molecule has 3 saturated heterocycles. The third-order valence-electron chi connectivity index (χ3n) is 9.23. The normalized spacial score (nSPS) is 33.0. The summed E-state index contributed by atoms with van der Waals surface area (Å²) in [6.07, 6.45) is 8.08. The van der Waals surface area contributed by atoms with Gasteiger partial charge < -0.3 is 29.3 Å². The number of fused-ring (bicyclic) bond motifs is 2. The fraction of sp³-hybridized carbons (Fsp3) is 0.581. The lowest BCUT2D eigenvalue weighted by atomic mass is 9.74. The summed E-state index contributed by atoms with van der Waals surface area (Å²) in [5, 5.41) is 9.96. The fourth-order valence-corrected chi connectivity index (χ4v) is 9.48. The maximum atomic E-state index is 14.5. The van der Waals surface area contributed by atoms with Crippen molar-refractivity contribution in [2.75, 3.05) is 77.1 Å². The van der Waals surface area contributed by atoms with E-state index in [2.05, 4.69) is 11.0 Å². The molecular weight excluding hydrogens is 556 g/mol. The minimum absolute atomic E-state index is 0.0509. The van der Waals surface area contributed by atoms with E-state index in [4.69, 9.17) is 9.47 Å². The molecule has 11 heteroatoms. The lowest BCUT2D eigenvalue weighted by Crippen LogP contribution is -2.55. The molecule has 3 amide bonds. The molecule has 1 N–H and O–H groups in total. The Kier molecular flexibility index (Phi) is 8.12. The SMILES string of the molecule is CCOc1ccc(N2CC=C[C@]3(C)S[C@]45C=CCN(CCN6CCOCC6)C(=O)C4N(CCO)C(=O)[C@@H]5[C@@H]3C2=O)cc1. The fourth-order valence-electron chi connectivity index (χ4n) is 7.32. The Morgan fingerprint density at radius 3 is 2.40 bits per heavy atom. The molecule has 226 valence electrons. The number of β-amino-alcohol motifs (C(OH)–C–C–N with tert-alkyl or cyclic N) is 1. The van der Waals surface area contributed by atoms with Gasteiger partial charge in [0.1, 0.15) is 11.8 Å². The molecule has 5 atom stereocenters. The average Bonchev–Trinajstić information content (AvgIpc) is 3.25. The van der Waals surface area contributed by atoms with Crippen LogP contribution in [-0.2, 0) is 19.1 Å². The molecule has 5 aliphatic rings. The minimum atomic E-state index is -0.918. The number of ether oxygens (including phenoxy) is 2. The largest absolute Gasteiger partial charge is 0.494 e. The van der Waals surface area contributed by atoms with Gasteiger partial charge in [-0.15, -0.1) is 11.8 Å². The van der Waals surface area contributed by atoms with Crippen molar-refractivity contribution in [2.45, 2.75) is 29.4 Å². The summed E-state index contributed by atoms with van der Waals surface area (Å²) in [7, 11) is 0. The standard InChI is InChI=1S/C31H40N4O6S/c1-3-41-23-8-6-22(7-9-23)34-13-4-10-30(2)24(27(34)37)25-28(38)35(16-19-36)26-29(39)33(12-5-11-31(25,26)42-30)15-14-32-17-20-40-21-18-32/h4-11,24-26,36H,3,12-21H2,1-2H3/t24-,25+,26?,30+,31+/m1/s1. The van der Waals surface area contributed by atoms with Gasteiger partial charge in [-0.1, -0.05) is 24.3 Å². The summed E-state index contributed by atoms with van der Waals surface area (Å²) in [5.41, 5.74) is 0.735. The maximum absolute atomic E-state index is 14.5. The maximum Gasteiger partial charge on any atom is 0.247 e. The van der Waals surface area contributed by atoms with Crippen LogP contribution in [-0.4, -0.2) is 125 Å². The van der Waals surface area contributed by atoms with Crippen molar-refractivity contribution in [2.24, 2.45) is 11.8 Å². The molecule has 1 aromatic carbocycles. The second-order valence-corrected chi connectivity index (χ2v) is 13.5. The van der Waals surface area contributed by atoms with E-state index in [1.165, 1.54) is 0 Å². The van der Waals surface area contributed by atoms with Crippen LogP contribution in [0.5, 0.6) is 5.75 Å². The van der Waals surface area contributed by atoms with Gasteiger partial charge >= 0.3 is 0 Å². The molecule has 0 bridgehead atoms. The molecule has 10 nitrogen and oxygen atoms in total. The van der Waals surface area contributed by atoms with Gasteiger partial charge in [0, 0.05) is 56.2 Å². The Bertz CT molecular complexity index is 1270. The highest BCUT2D eigenvalue weighted by atomic mass is 32.2. The van der Waals surface area contributed by atoms with Crippen LogP contribution in [0.2, 0.25) is 0 Å². The summed E-state index contributed by atoms with van der Waals surface area (Å²) in [4.78, 5) is 50.5. The van der Waals surface area contributed by atoms with Gasteiger partial charge in [0.25, 0.3) is 0 Å². The van der Waals surface area contributed by atoms with Crippen molar-refractivity contribution >= 4 is 35.2 Å². The van der Waals surface area contributed by atoms with E-state index >= 15 is 0 Å². The molecule has 0 radical (unpaired) electrons. The second kappa shape index (κ2) is 11.7. The number of aliphatic hydroxyl groups excluding tert-OH is 1. The third kappa shape index (κ3) is 4.84. The summed E-state index contributed by atoms with van der Waals surface area (Å²) < 4.78 is 9.45. The lowest BCUT2D eigenvalue weighted by Gasteiger charge is -2.37. The molecule has 0 aliphatic carbocycles. The Morgan fingerprint density at radius 1 is 0.952 bits per heavy atom. The molecule has 1 spiro atoms. The number of morpholine rings is 1. The van der Waals surface area contributed by atoms with E-state index in [9.17, 15) is 19.5 Å². The van der Waals surface area contributed by atoms with Gasteiger partial charge in [-0.3, -0.25) is 19.3 Å². The number of nitrogens with zero attached hydrogens (tertiary/aromatic N) is 4. The van der Waals surface area contributed by atoms with Gasteiger partial charge in [0.15, 0.2) is 0 Å². The molecule has 1 aromatic rings. The van der Waals surface area contributed by atoms with Crippen molar-refractivity contribution in [3.63, 3.8) is 0 Å². The van der Waals surface area contributed by atoms with Crippen LogP contribution in [0, 0.1) is 11.8 Å². The van der Waals surface area contributed by atoms with Crippen LogP contribution in [0.15, 0.2) is 48.6 Å². The Morgan fingerprint density at radius 2 is 1.69 bits per heavy atom. The van der Waals surface area contributed by atoms with E-state index in [1.54, 1.807) is 21.6 Å². The number of likely N-dealkylation sites (tertiary alicyclic amines) is 1. The zero-order valence-electron chi connectivity index (χ0n) is 24.3. The van der Waals surface area contributed by atoms with Crippen LogP contribution >= 0.6 is 11.8 Å². The van der Waals surface area contributed by atoms with Crippen LogP contribution in [0.4, 0.5) is 5.69 Å². The number of hydrogen-bond donors (Lipinski definition) is 1. The summed E-state index contributed by atoms with van der Waals surface area (Å²) in [5.74, 6) is -1.17. The Labute approximate surface area is 251 Å².